The van der Waals surface area contributed by atoms with E-state index in [4.69, 9.17) is 0 Å². The molecule has 0 radical (unpaired) electrons. The van der Waals surface area contributed by atoms with Crippen molar-refractivity contribution in [3.8, 4) is 0 Å². The van der Waals surface area contributed by atoms with Gasteiger partial charge >= 0.3 is 0 Å². The SMILES string of the molecule is CSc1ncc(CNC(=O)[C@@H](c2cccc(C)c2)N(C)C)n1C. The molecular weight excluding hydrogens is 308 g/mol. The summed E-state index contributed by atoms with van der Waals surface area (Å²) in [5.74, 6) is -0.00694. The molecule has 0 aliphatic carbocycles. The van der Waals surface area contributed by atoms with Crippen molar-refractivity contribution in [2.45, 2.75) is 24.7 Å². The van der Waals surface area contributed by atoms with Crippen molar-refractivity contribution in [1.29, 1.82) is 0 Å². The quantitative estimate of drug-likeness (QED) is 0.825. The highest BCUT2D eigenvalue weighted by Gasteiger charge is 2.23. The molecule has 1 atom stereocenters. The molecule has 0 aliphatic heterocycles. The monoisotopic (exact) mass is 332 g/mol. The van der Waals surface area contributed by atoms with Gasteiger partial charge in [-0.05, 0) is 32.8 Å². The normalized spacial score (nSPS) is 12.4. The molecule has 1 aromatic carbocycles. The third kappa shape index (κ3) is 4.14. The standard InChI is InChI=1S/C17H24N4OS/c1-12-7-6-8-13(9-12)15(20(2)3)16(22)18-10-14-11-19-17(23-5)21(14)4/h6-9,11,15H,10H2,1-5H3,(H,18,22)/t15-/m1/s1. The van der Waals surface area contributed by atoms with Crippen molar-refractivity contribution < 1.29 is 4.79 Å². The van der Waals surface area contributed by atoms with Gasteiger partial charge in [0, 0.05) is 7.05 Å². The van der Waals surface area contributed by atoms with Crippen LogP contribution < -0.4 is 5.32 Å². The van der Waals surface area contributed by atoms with Gasteiger partial charge in [0.1, 0.15) is 6.04 Å². The molecule has 6 heteroatoms. The van der Waals surface area contributed by atoms with Crippen LogP contribution in [0, 0.1) is 6.92 Å². The first kappa shape index (κ1) is 17.6. The second-order valence-electron chi connectivity index (χ2n) is 5.79. The van der Waals surface area contributed by atoms with Gasteiger partial charge in [0.15, 0.2) is 5.16 Å². The molecule has 0 fully saturated rings. The zero-order chi connectivity index (χ0) is 17.0. The predicted molar refractivity (Wildman–Crippen MR) is 94.4 cm³/mol. The van der Waals surface area contributed by atoms with E-state index in [-0.39, 0.29) is 11.9 Å². The van der Waals surface area contributed by atoms with Gasteiger partial charge in [0.2, 0.25) is 5.91 Å². The third-order valence-corrected chi connectivity index (χ3v) is 4.54. The molecule has 1 aromatic heterocycles. The van der Waals surface area contributed by atoms with Crippen molar-refractivity contribution >= 4 is 17.7 Å². The highest BCUT2D eigenvalue weighted by Crippen LogP contribution is 2.20. The van der Waals surface area contributed by atoms with Gasteiger partial charge in [-0.2, -0.15) is 0 Å². The van der Waals surface area contributed by atoms with E-state index in [0.29, 0.717) is 6.54 Å². The first-order valence-electron chi connectivity index (χ1n) is 7.49. The van der Waals surface area contributed by atoms with E-state index in [0.717, 1.165) is 22.0 Å². The molecule has 1 heterocycles. The zero-order valence-corrected chi connectivity index (χ0v) is 15.1. The van der Waals surface area contributed by atoms with Gasteiger partial charge in [0.05, 0.1) is 18.4 Å². The molecule has 0 saturated carbocycles. The number of thioether (sulfide) groups is 1. The highest BCUT2D eigenvalue weighted by molar-refractivity contribution is 7.98. The minimum atomic E-state index is -0.303. The summed E-state index contributed by atoms with van der Waals surface area (Å²) in [5.41, 5.74) is 3.14. The lowest BCUT2D eigenvalue weighted by molar-refractivity contribution is -0.126. The fourth-order valence-electron chi connectivity index (χ4n) is 2.58. The van der Waals surface area contributed by atoms with Gasteiger partial charge < -0.3 is 9.88 Å². The smallest absolute Gasteiger partial charge is 0.242 e. The Labute approximate surface area is 142 Å². The summed E-state index contributed by atoms with van der Waals surface area (Å²) < 4.78 is 2.00. The van der Waals surface area contributed by atoms with Crippen LogP contribution in [-0.2, 0) is 18.4 Å². The summed E-state index contributed by atoms with van der Waals surface area (Å²) in [7, 11) is 5.80. The van der Waals surface area contributed by atoms with Gasteiger partial charge in [0.25, 0.3) is 0 Å². The molecular formula is C17H24N4OS. The number of nitrogens with one attached hydrogen (secondary N) is 1. The highest BCUT2D eigenvalue weighted by atomic mass is 32.2. The Hall–Kier alpha value is -1.79. The molecule has 0 aliphatic rings. The van der Waals surface area contributed by atoms with Crippen LogP contribution in [0.1, 0.15) is 22.9 Å². The summed E-state index contributed by atoms with van der Waals surface area (Å²) >= 11 is 1.59. The Balaban J connectivity index is 2.11. The summed E-state index contributed by atoms with van der Waals surface area (Å²) in [6.45, 7) is 2.51. The van der Waals surface area contributed by atoms with E-state index < -0.39 is 0 Å². The van der Waals surface area contributed by atoms with E-state index in [1.165, 1.54) is 0 Å². The third-order valence-electron chi connectivity index (χ3n) is 3.79. The van der Waals surface area contributed by atoms with Crippen molar-refractivity contribution in [3.63, 3.8) is 0 Å². The van der Waals surface area contributed by atoms with Crippen LogP contribution in [-0.4, -0.2) is 40.7 Å². The number of hydrogen-bond acceptors (Lipinski definition) is 4. The van der Waals surface area contributed by atoms with Crippen LogP contribution in [0.3, 0.4) is 0 Å². The average molecular weight is 332 g/mol. The summed E-state index contributed by atoms with van der Waals surface area (Å²) in [6, 6.07) is 7.77. The Kier molecular flexibility index (Phi) is 5.85. The van der Waals surface area contributed by atoms with Crippen LogP contribution in [0.25, 0.3) is 0 Å². The van der Waals surface area contributed by atoms with Crippen LogP contribution in [0.4, 0.5) is 0 Å². The first-order valence-corrected chi connectivity index (χ1v) is 8.71. The number of benzene rings is 1. The summed E-state index contributed by atoms with van der Waals surface area (Å²) in [5, 5.41) is 3.97. The van der Waals surface area contributed by atoms with Gasteiger partial charge in [-0.1, -0.05) is 41.6 Å². The average Bonchev–Trinajstić information content (AvgIpc) is 2.85. The molecule has 2 aromatic rings. The number of amides is 1. The Morgan fingerprint density at radius 2 is 2.17 bits per heavy atom. The van der Waals surface area contributed by atoms with Gasteiger partial charge in [-0.3, -0.25) is 9.69 Å². The predicted octanol–water partition coefficient (Wildman–Crippen LogP) is 2.37. The van der Waals surface area contributed by atoms with Crippen molar-refractivity contribution in [2.24, 2.45) is 7.05 Å². The zero-order valence-electron chi connectivity index (χ0n) is 14.3. The Morgan fingerprint density at radius 1 is 1.43 bits per heavy atom. The van der Waals surface area contributed by atoms with E-state index >= 15 is 0 Å². The number of aromatic nitrogens is 2. The van der Waals surface area contributed by atoms with Crippen molar-refractivity contribution in [2.75, 3.05) is 20.4 Å². The number of carbonyl (C=O) groups is 1. The molecule has 1 N–H and O–H groups in total. The molecule has 5 nitrogen and oxygen atoms in total. The van der Waals surface area contributed by atoms with Crippen LogP contribution in [0.2, 0.25) is 0 Å². The maximum absolute atomic E-state index is 12.7. The second-order valence-corrected chi connectivity index (χ2v) is 6.57. The van der Waals surface area contributed by atoms with Gasteiger partial charge in [-0.25, -0.2) is 4.98 Å². The van der Waals surface area contributed by atoms with Crippen LogP contribution >= 0.6 is 11.8 Å². The molecule has 124 valence electrons. The number of likely N-dealkylation sites (N-methyl/N-ethyl adjacent to an activating group) is 1. The maximum atomic E-state index is 12.7. The van der Waals surface area contributed by atoms with Gasteiger partial charge in [-0.15, -0.1) is 0 Å². The number of hydrogen-bond donors (Lipinski definition) is 1. The fraction of sp³-hybridized carbons (Fsp3) is 0.412. The molecule has 2 rings (SSSR count). The lowest BCUT2D eigenvalue weighted by atomic mass is 10.0. The number of aryl methyl sites for hydroxylation is 1. The van der Waals surface area contributed by atoms with E-state index in [2.05, 4.69) is 16.4 Å². The molecule has 0 saturated heterocycles. The first-order chi connectivity index (χ1) is 10.9. The maximum Gasteiger partial charge on any atom is 0.242 e. The second kappa shape index (κ2) is 7.66. The summed E-state index contributed by atoms with van der Waals surface area (Å²) in [4.78, 5) is 18.9. The fourth-order valence-corrected chi connectivity index (χ4v) is 3.13. The number of nitrogens with zero attached hydrogens (tertiary/aromatic N) is 3. The lowest BCUT2D eigenvalue weighted by Gasteiger charge is -2.24. The topological polar surface area (TPSA) is 50.2 Å². The minimum Gasteiger partial charge on any atom is -0.349 e. The van der Waals surface area contributed by atoms with Crippen molar-refractivity contribution in [1.82, 2.24) is 19.8 Å². The molecule has 0 bridgehead atoms. The van der Waals surface area contributed by atoms with E-state index in [9.17, 15) is 4.79 Å². The number of carbonyl (C=O) groups excluding carboxylic acids is 1. The largest absolute Gasteiger partial charge is 0.349 e. The molecule has 0 unspecified atom stereocenters. The molecule has 23 heavy (non-hydrogen) atoms. The lowest BCUT2D eigenvalue weighted by Crippen LogP contribution is -2.37. The minimum absolute atomic E-state index is 0.00694. The Morgan fingerprint density at radius 3 is 2.74 bits per heavy atom. The number of rotatable bonds is 6. The van der Waals surface area contributed by atoms with Crippen LogP contribution in [0.15, 0.2) is 35.6 Å². The van der Waals surface area contributed by atoms with E-state index in [1.54, 1.807) is 11.8 Å². The van der Waals surface area contributed by atoms with Crippen LogP contribution in [0.5, 0.6) is 0 Å². The Bertz CT molecular complexity index is 681. The molecule has 0 spiro atoms. The summed E-state index contributed by atoms with van der Waals surface area (Å²) in [6.07, 6.45) is 3.80. The van der Waals surface area contributed by atoms with E-state index in [1.807, 2.05) is 68.2 Å². The van der Waals surface area contributed by atoms with Crippen molar-refractivity contribution in [3.05, 3.63) is 47.3 Å². The molecule has 1 amide bonds. The number of imidazole rings is 1.